The zero-order valence-corrected chi connectivity index (χ0v) is 13.3. The monoisotopic (exact) mass is 311 g/mol. The molecule has 1 aromatic heterocycles. The zero-order valence-electron chi connectivity index (χ0n) is 13.3. The first kappa shape index (κ1) is 15.3. The van der Waals surface area contributed by atoms with Crippen molar-refractivity contribution >= 4 is 17.3 Å². The Hall–Kier alpha value is -2.56. The lowest BCUT2D eigenvalue weighted by Crippen LogP contribution is -2.35. The molecule has 1 aliphatic heterocycles. The van der Waals surface area contributed by atoms with E-state index in [0.717, 1.165) is 43.1 Å². The van der Waals surface area contributed by atoms with Crippen LogP contribution in [0, 0.1) is 0 Å². The predicted molar refractivity (Wildman–Crippen MR) is 90.3 cm³/mol. The molecule has 3 rings (SSSR count). The number of benzene rings is 1. The van der Waals surface area contributed by atoms with E-state index in [0.29, 0.717) is 5.56 Å². The van der Waals surface area contributed by atoms with Crippen LogP contribution in [0.4, 0.5) is 11.4 Å². The van der Waals surface area contributed by atoms with Crippen molar-refractivity contribution in [3.8, 4) is 5.75 Å². The molecule has 2 aromatic rings. The normalized spacial score (nSPS) is 14.4. The Bertz CT molecular complexity index is 664. The summed E-state index contributed by atoms with van der Waals surface area (Å²) in [7, 11) is 1.64. The van der Waals surface area contributed by atoms with E-state index in [-0.39, 0.29) is 5.91 Å². The van der Waals surface area contributed by atoms with Gasteiger partial charge < -0.3 is 15.0 Å². The molecule has 0 bridgehead atoms. The molecule has 1 fully saturated rings. The largest absolute Gasteiger partial charge is 0.497 e. The van der Waals surface area contributed by atoms with Crippen molar-refractivity contribution in [3.05, 3.63) is 48.3 Å². The maximum absolute atomic E-state index is 12.5. The average Bonchev–Trinajstić information content (AvgIpc) is 2.63. The molecular formula is C18H21N3O2. The quantitative estimate of drug-likeness (QED) is 0.939. The summed E-state index contributed by atoms with van der Waals surface area (Å²) in [5.74, 6) is 0.873. The fraction of sp³-hybridized carbons (Fsp3) is 0.333. The fourth-order valence-corrected chi connectivity index (χ4v) is 2.75. The second kappa shape index (κ2) is 7.13. The molecule has 1 saturated heterocycles. The lowest BCUT2D eigenvalue weighted by atomic mass is 10.1. The van der Waals surface area contributed by atoms with Crippen LogP contribution in [0.1, 0.15) is 29.6 Å². The van der Waals surface area contributed by atoms with Gasteiger partial charge in [0.15, 0.2) is 0 Å². The van der Waals surface area contributed by atoms with Crippen LogP contribution < -0.4 is 10.1 Å². The third-order valence-corrected chi connectivity index (χ3v) is 4.01. The smallest absolute Gasteiger partial charge is 0.255 e. The first-order valence-electron chi connectivity index (χ1n) is 7.92. The Morgan fingerprint density at radius 1 is 1.09 bits per heavy atom. The van der Waals surface area contributed by atoms with E-state index in [1.807, 2.05) is 35.2 Å². The molecule has 1 N–H and O–H groups in total. The Morgan fingerprint density at radius 3 is 2.52 bits per heavy atom. The van der Waals surface area contributed by atoms with E-state index in [1.54, 1.807) is 19.5 Å². The number of amides is 1. The first-order chi connectivity index (χ1) is 11.3. The van der Waals surface area contributed by atoms with Crippen molar-refractivity contribution < 1.29 is 9.53 Å². The van der Waals surface area contributed by atoms with Gasteiger partial charge in [0.1, 0.15) is 5.75 Å². The third kappa shape index (κ3) is 3.80. The molecule has 5 heteroatoms. The SMILES string of the molecule is COc1ccc(Nc2cncc(C(=O)N3CCCCC3)c2)cc1. The maximum Gasteiger partial charge on any atom is 0.255 e. The maximum atomic E-state index is 12.5. The standard InChI is InChI=1S/C18H21N3O2/c1-23-17-7-5-15(6-8-17)20-16-11-14(12-19-13-16)18(22)21-9-3-2-4-10-21/h5-8,11-13,20H,2-4,9-10H2,1H3. The number of anilines is 2. The van der Waals surface area contributed by atoms with E-state index in [4.69, 9.17) is 4.74 Å². The summed E-state index contributed by atoms with van der Waals surface area (Å²) < 4.78 is 5.15. The number of pyridine rings is 1. The Labute approximate surface area is 136 Å². The van der Waals surface area contributed by atoms with Crippen LogP contribution in [0.25, 0.3) is 0 Å². The molecule has 0 aliphatic carbocycles. The van der Waals surface area contributed by atoms with Crippen LogP contribution in [0.3, 0.4) is 0 Å². The number of rotatable bonds is 4. The van der Waals surface area contributed by atoms with E-state index in [1.165, 1.54) is 6.42 Å². The van der Waals surface area contributed by atoms with Crippen LogP contribution in [0.5, 0.6) is 5.75 Å². The van der Waals surface area contributed by atoms with Crippen molar-refractivity contribution in [2.45, 2.75) is 19.3 Å². The number of nitrogens with zero attached hydrogens (tertiary/aromatic N) is 2. The van der Waals surface area contributed by atoms with Gasteiger partial charge in [0.25, 0.3) is 5.91 Å². The molecule has 1 aromatic carbocycles. The van der Waals surface area contributed by atoms with Gasteiger partial charge in [-0.05, 0) is 49.6 Å². The number of aromatic nitrogens is 1. The molecule has 0 unspecified atom stereocenters. The van der Waals surface area contributed by atoms with Gasteiger partial charge in [0, 0.05) is 25.0 Å². The van der Waals surface area contributed by atoms with Crippen molar-refractivity contribution in [2.75, 3.05) is 25.5 Å². The second-order valence-electron chi connectivity index (χ2n) is 5.67. The number of nitrogens with one attached hydrogen (secondary N) is 1. The number of ether oxygens (including phenoxy) is 1. The minimum atomic E-state index is 0.0654. The summed E-state index contributed by atoms with van der Waals surface area (Å²) in [6.07, 6.45) is 6.74. The van der Waals surface area contributed by atoms with E-state index < -0.39 is 0 Å². The molecule has 0 atom stereocenters. The number of hydrogen-bond donors (Lipinski definition) is 1. The van der Waals surface area contributed by atoms with Gasteiger partial charge in [0.2, 0.25) is 0 Å². The van der Waals surface area contributed by atoms with Crippen molar-refractivity contribution in [3.63, 3.8) is 0 Å². The Kier molecular flexibility index (Phi) is 4.76. The molecule has 2 heterocycles. The highest BCUT2D eigenvalue weighted by molar-refractivity contribution is 5.95. The molecule has 1 amide bonds. The Balaban J connectivity index is 1.72. The van der Waals surface area contributed by atoms with Gasteiger partial charge in [-0.15, -0.1) is 0 Å². The highest BCUT2D eigenvalue weighted by atomic mass is 16.5. The number of carbonyl (C=O) groups excluding carboxylic acids is 1. The van der Waals surface area contributed by atoms with Gasteiger partial charge in [-0.25, -0.2) is 0 Å². The zero-order chi connectivity index (χ0) is 16.1. The highest BCUT2D eigenvalue weighted by Gasteiger charge is 2.18. The van der Waals surface area contributed by atoms with E-state index in [2.05, 4.69) is 10.3 Å². The van der Waals surface area contributed by atoms with Crippen molar-refractivity contribution in [1.29, 1.82) is 0 Å². The fourth-order valence-electron chi connectivity index (χ4n) is 2.75. The lowest BCUT2D eigenvalue weighted by Gasteiger charge is -2.26. The van der Waals surface area contributed by atoms with Crippen molar-refractivity contribution in [1.82, 2.24) is 9.88 Å². The number of hydrogen-bond acceptors (Lipinski definition) is 4. The van der Waals surface area contributed by atoms with Crippen LogP contribution in [-0.4, -0.2) is 36.0 Å². The van der Waals surface area contributed by atoms with Gasteiger partial charge in [0.05, 0.1) is 24.6 Å². The summed E-state index contributed by atoms with van der Waals surface area (Å²) in [5, 5.41) is 3.26. The highest BCUT2D eigenvalue weighted by Crippen LogP contribution is 2.21. The molecule has 120 valence electrons. The summed E-state index contributed by atoms with van der Waals surface area (Å²) in [4.78, 5) is 18.6. The predicted octanol–water partition coefficient (Wildman–Crippen LogP) is 3.46. The summed E-state index contributed by atoms with van der Waals surface area (Å²) in [5.41, 5.74) is 2.36. The second-order valence-corrected chi connectivity index (χ2v) is 5.67. The van der Waals surface area contributed by atoms with Crippen molar-refractivity contribution in [2.24, 2.45) is 0 Å². The molecule has 23 heavy (non-hydrogen) atoms. The number of carbonyl (C=O) groups is 1. The minimum Gasteiger partial charge on any atom is -0.497 e. The lowest BCUT2D eigenvalue weighted by molar-refractivity contribution is 0.0724. The van der Waals surface area contributed by atoms with Crippen LogP contribution in [0.2, 0.25) is 0 Å². The molecule has 5 nitrogen and oxygen atoms in total. The molecule has 0 saturated carbocycles. The topological polar surface area (TPSA) is 54.5 Å². The minimum absolute atomic E-state index is 0.0654. The first-order valence-corrected chi connectivity index (χ1v) is 7.92. The van der Waals surface area contributed by atoms with Gasteiger partial charge in [-0.1, -0.05) is 0 Å². The Morgan fingerprint density at radius 2 is 1.83 bits per heavy atom. The summed E-state index contributed by atoms with van der Waals surface area (Å²) in [6.45, 7) is 1.68. The van der Waals surface area contributed by atoms with Gasteiger partial charge >= 0.3 is 0 Å². The molecular weight excluding hydrogens is 290 g/mol. The molecule has 1 aliphatic rings. The van der Waals surface area contributed by atoms with E-state index in [9.17, 15) is 4.79 Å². The summed E-state index contributed by atoms with van der Waals surface area (Å²) in [6, 6.07) is 9.49. The van der Waals surface area contributed by atoms with Crippen LogP contribution in [0.15, 0.2) is 42.7 Å². The number of likely N-dealkylation sites (tertiary alicyclic amines) is 1. The van der Waals surface area contributed by atoms with Crippen LogP contribution in [-0.2, 0) is 0 Å². The summed E-state index contributed by atoms with van der Waals surface area (Å²) >= 11 is 0. The average molecular weight is 311 g/mol. The van der Waals surface area contributed by atoms with Crippen LogP contribution >= 0.6 is 0 Å². The third-order valence-electron chi connectivity index (χ3n) is 4.01. The van der Waals surface area contributed by atoms with Gasteiger partial charge in [-0.2, -0.15) is 0 Å². The molecule has 0 radical (unpaired) electrons. The van der Waals surface area contributed by atoms with Gasteiger partial charge in [-0.3, -0.25) is 9.78 Å². The molecule has 0 spiro atoms. The number of piperidine rings is 1. The number of methoxy groups -OCH3 is 1. The van der Waals surface area contributed by atoms with E-state index >= 15 is 0 Å².